The summed E-state index contributed by atoms with van der Waals surface area (Å²) in [5.74, 6) is 0.647. The number of carbonyl (C=O) groups is 3. The largest absolute Gasteiger partial charge is 0.464 e. The molecule has 1 aromatic rings. The van der Waals surface area contributed by atoms with E-state index in [1.807, 2.05) is 0 Å². The van der Waals surface area contributed by atoms with E-state index in [1.54, 1.807) is 33.1 Å². The average Bonchev–Trinajstić information content (AvgIpc) is 3.20. The van der Waals surface area contributed by atoms with E-state index in [-0.39, 0.29) is 18.4 Å². The monoisotopic (exact) mass is 448 g/mol. The number of nitrogens with zero attached hydrogens (tertiary/aromatic N) is 1. The Balaban J connectivity index is 1.72. The number of likely N-dealkylation sites (tertiary alicyclic amines) is 1. The van der Waals surface area contributed by atoms with Crippen LogP contribution >= 0.6 is 0 Å². The number of carbonyl (C=O) groups excluding carboxylic acids is 3. The van der Waals surface area contributed by atoms with E-state index < -0.39 is 18.0 Å². The summed E-state index contributed by atoms with van der Waals surface area (Å²) in [6, 6.07) is 2.40. The number of amides is 3. The van der Waals surface area contributed by atoms with Gasteiger partial charge in [0.25, 0.3) is 0 Å². The third-order valence-electron chi connectivity index (χ3n) is 5.64. The number of furan rings is 1. The molecule has 3 N–H and O–H groups in total. The molecule has 0 radical (unpaired) electrons. The van der Waals surface area contributed by atoms with Gasteiger partial charge in [0.15, 0.2) is 0 Å². The van der Waals surface area contributed by atoms with Gasteiger partial charge in [0.2, 0.25) is 5.91 Å². The van der Waals surface area contributed by atoms with Crippen LogP contribution in [-0.2, 0) is 19.1 Å². The maximum absolute atomic E-state index is 12.8. The van der Waals surface area contributed by atoms with Gasteiger partial charge in [-0.1, -0.05) is 0 Å². The number of piperidine rings is 1. The minimum atomic E-state index is -0.726. The maximum Gasteiger partial charge on any atom is 0.338 e. The van der Waals surface area contributed by atoms with E-state index in [9.17, 15) is 14.4 Å². The number of urea groups is 1. The first-order valence-corrected chi connectivity index (χ1v) is 11.0. The molecule has 10 nitrogen and oxygen atoms in total. The normalized spacial score (nSPS) is 20.0. The minimum Gasteiger partial charge on any atom is -0.464 e. The van der Waals surface area contributed by atoms with E-state index in [4.69, 9.17) is 13.9 Å². The molecule has 10 heteroatoms. The highest BCUT2D eigenvalue weighted by atomic mass is 16.5. The fourth-order valence-corrected chi connectivity index (χ4v) is 4.01. The fourth-order valence-electron chi connectivity index (χ4n) is 4.01. The van der Waals surface area contributed by atoms with Gasteiger partial charge in [0.1, 0.15) is 17.6 Å². The van der Waals surface area contributed by atoms with Gasteiger partial charge in [-0.2, -0.15) is 0 Å². The first kappa shape index (κ1) is 23.8. The van der Waals surface area contributed by atoms with Crippen molar-refractivity contribution in [3.63, 3.8) is 0 Å². The van der Waals surface area contributed by atoms with Crippen molar-refractivity contribution in [2.75, 3.05) is 46.5 Å². The lowest BCUT2D eigenvalue weighted by molar-refractivity contribution is -0.139. The van der Waals surface area contributed by atoms with Gasteiger partial charge in [-0.05, 0) is 51.9 Å². The van der Waals surface area contributed by atoms with Crippen molar-refractivity contribution in [3.05, 3.63) is 34.9 Å². The highest BCUT2D eigenvalue weighted by Gasteiger charge is 2.36. The van der Waals surface area contributed by atoms with Gasteiger partial charge in [-0.3, -0.25) is 9.69 Å². The molecule has 1 aromatic heterocycles. The summed E-state index contributed by atoms with van der Waals surface area (Å²) in [6.45, 7) is 6.47. The van der Waals surface area contributed by atoms with Crippen LogP contribution in [-0.4, -0.2) is 69.3 Å². The molecule has 0 saturated carbocycles. The second-order valence-electron chi connectivity index (χ2n) is 7.93. The Hall–Kier alpha value is -2.85. The Morgan fingerprint density at radius 1 is 1.28 bits per heavy atom. The Bertz CT molecular complexity index is 856. The lowest BCUT2D eigenvalue weighted by Crippen LogP contribution is -2.49. The summed E-state index contributed by atoms with van der Waals surface area (Å²) >= 11 is 0. The van der Waals surface area contributed by atoms with E-state index in [0.717, 1.165) is 0 Å². The zero-order chi connectivity index (χ0) is 23.1. The summed E-state index contributed by atoms with van der Waals surface area (Å²) in [5.41, 5.74) is 0.828. The quantitative estimate of drug-likeness (QED) is 0.384. The predicted octanol–water partition coefficient (Wildman–Crippen LogP) is 1.23. The number of aryl methyl sites for hydroxylation is 1. The molecule has 32 heavy (non-hydrogen) atoms. The molecule has 3 rings (SSSR count). The van der Waals surface area contributed by atoms with Crippen LogP contribution in [0.25, 0.3) is 0 Å². The van der Waals surface area contributed by atoms with E-state index in [0.29, 0.717) is 68.4 Å². The number of rotatable bonds is 9. The van der Waals surface area contributed by atoms with Crippen LogP contribution in [0.2, 0.25) is 0 Å². The third-order valence-corrected chi connectivity index (χ3v) is 5.64. The smallest absolute Gasteiger partial charge is 0.338 e. The molecule has 0 aliphatic carbocycles. The Kier molecular flexibility index (Phi) is 8.29. The van der Waals surface area contributed by atoms with Crippen molar-refractivity contribution >= 4 is 17.9 Å². The number of ether oxygens (including phenoxy) is 2. The Labute approximate surface area is 187 Å². The molecule has 3 amide bonds. The van der Waals surface area contributed by atoms with Crippen LogP contribution in [0.15, 0.2) is 27.8 Å². The van der Waals surface area contributed by atoms with Gasteiger partial charge in [0, 0.05) is 31.8 Å². The van der Waals surface area contributed by atoms with Crippen LogP contribution in [0.3, 0.4) is 0 Å². The number of nitrogens with one attached hydrogen (secondary N) is 3. The highest BCUT2D eigenvalue weighted by Crippen LogP contribution is 2.30. The van der Waals surface area contributed by atoms with Crippen molar-refractivity contribution < 1.29 is 28.3 Å². The first-order chi connectivity index (χ1) is 15.4. The summed E-state index contributed by atoms with van der Waals surface area (Å²) in [4.78, 5) is 39.6. The first-order valence-electron chi connectivity index (χ1n) is 11.0. The lowest BCUT2D eigenvalue weighted by Gasteiger charge is -2.34. The van der Waals surface area contributed by atoms with Crippen LogP contribution in [0, 0.1) is 12.8 Å². The minimum absolute atomic E-state index is 0.0385. The van der Waals surface area contributed by atoms with E-state index in [1.165, 1.54) is 0 Å². The predicted molar refractivity (Wildman–Crippen MR) is 116 cm³/mol. The zero-order valence-electron chi connectivity index (χ0n) is 18.9. The molecule has 0 spiro atoms. The number of esters is 1. The average molecular weight is 449 g/mol. The topological polar surface area (TPSA) is 122 Å². The lowest BCUT2D eigenvalue weighted by atomic mass is 9.95. The van der Waals surface area contributed by atoms with Gasteiger partial charge in [0.05, 0.1) is 18.8 Å². The Morgan fingerprint density at radius 2 is 2.03 bits per heavy atom. The number of methoxy groups -OCH3 is 1. The summed E-state index contributed by atoms with van der Waals surface area (Å²) in [7, 11) is 1.60. The van der Waals surface area contributed by atoms with Crippen LogP contribution in [0.1, 0.15) is 37.3 Å². The molecule has 0 bridgehead atoms. The molecule has 1 saturated heterocycles. The van der Waals surface area contributed by atoms with Gasteiger partial charge in [-0.15, -0.1) is 0 Å². The van der Waals surface area contributed by atoms with E-state index >= 15 is 0 Å². The van der Waals surface area contributed by atoms with Crippen molar-refractivity contribution in [1.82, 2.24) is 20.9 Å². The molecule has 3 heterocycles. The number of hydrogen-bond donors (Lipinski definition) is 3. The standard InChI is InChI=1S/C22H32N4O6/c1-4-31-21(28)18-16(24-22(29)25-19(18)17-6-5-14(2)32-17)13-26-10-7-15(8-11-26)20(27)23-9-12-30-3/h5-6,15,19H,4,7-13H2,1-3H3,(H,23,27)(H2,24,25,29). The summed E-state index contributed by atoms with van der Waals surface area (Å²) in [5, 5.41) is 8.43. The molecule has 1 fully saturated rings. The molecule has 1 atom stereocenters. The molecule has 2 aliphatic heterocycles. The van der Waals surface area contributed by atoms with Crippen molar-refractivity contribution in [3.8, 4) is 0 Å². The van der Waals surface area contributed by atoms with Crippen LogP contribution in [0.4, 0.5) is 4.79 Å². The molecular weight excluding hydrogens is 416 g/mol. The second kappa shape index (κ2) is 11.1. The zero-order valence-corrected chi connectivity index (χ0v) is 18.9. The molecular formula is C22H32N4O6. The van der Waals surface area contributed by atoms with Crippen LogP contribution in [0.5, 0.6) is 0 Å². The van der Waals surface area contributed by atoms with Gasteiger partial charge in [-0.25, -0.2) is 9.59 Å². The maximum atomic E-state index is 12.8. The fraction of sp³-hybridized carbons (Fsp3) is 0.591. The summed E-state index contributed by atoms with van der Waals surface area (Å²) in [6.07, 6.45) is 1.40. The van der Waals surface area contributed by atoms with Gasteiger partial charge >= 0.3 is 12.0 Å². The molecule has 0 aromatic carbocycles. The summed E-state index contributed by atoms with van der Waals surface area (Å²) < 4.78 is 15.9. The van der Waals surface area contributed by atoms with Crippen molar-refractivity contribution in [1.29, 1.82) is 0 Å². The third kappa shape index (κ3) is 5.89. The molecule has 1 unspecified atom stereocenters. The second-order valence-corrected chi connectivity index (χ2v) is 7.93. The number of hydrogen-bond acceptors (Lipinski definition) is 7. The van der Waals surface area contributed by atoms with Crippen molar-refractivity contribution in [2.24, 2.45) is 5.92 Å². The Morgan fingerprint density at radius 3 is 2.66 bits per heavy atom. The molecule has 176 valence electrons. The molecule has 2 aliphatic rings. The van der Waals surface area contributed by atoms with E-state index in [2.05, 4.69) is 20.9 Å². The van der Waals surface area contributed by atoms with Gasteiger partial charge < -0.3 is 29.8 Å². The SMILES string of the molecule is CCOC(=O)C1=C(CN2CCC(C(=O)NCCOC)CC2)NC(=O)NC1c1ccc(C)o1. The highest BCUT2D eigenvalue weighted by molar-refractivity contribution is 5.95. The van der Waals surface area contributed by atoms with Crippen LogP contribution < -0.4 is 16.0 Å². The van der Waals surface area contributed by atoms with Crippen molar-refractivity contribution in [2.45, 2.75) is 32.7 Å².